The first-order valence-corrected chi connectivity index (χ1v) is 6.43. The monoisotopic (exact) mass is 262 g/mol. The van der Waals surface area contributed by atoms with Gasteiger partial charge in [-0.3, -0.25) is 9.59 Å². The first-order valence-electron chi connectivity index (χ1n) is 6.43. The van der Waals surface area contributed by atoms with Crippen LogP contribution in [0.2, 0.25) is 0 Å². The van der Waals surface area contributed by atoms with E-state index in [0.717, 1.165) is 6.42 Å². The van der Waals surface area contributed by atoms with Crippen molar-refractivity contribution in [2.45, 2.75) is 33.3 Å². The Balaban J connectivity index is 2.15. The molecule has 0 bridgehead atoms. The molecule has 5 nitrogen and oxygen atoms in total. The third-order valence-electron chi connectivity index (χ3n) is 3.24. The van der Waals surface area contributed by atoms with Gasteiger partial charge in [-0.25, -0.2) is 0 Å². The number of hydrogen-bond donors (Lipinski definition) is 2. The lowest BCUT2D eigenvalue weighted by molar-refractivity contribution is -0.122. The molecule has 0 unspecified atom stereocenters. The normalized spacial score (nSPS) is 18.9. The van der Waals surface area contributed by atoms with E-state index in [4.69, 9.17) is 4.74 Å². The van der Waals surface area contributed by atoms with Gasteiger partial charge in [0.2, 0.25) is 5.91 Å². The van der Waals surface area contributed by atoms with E-state index in [-0.39, 0.29) is 17.7 Å². The molecular formula is C14H18N2O3. The molecule has 1 aromatic carbocycles. The van der Waals surface area contributed by atoms with Crippen molar-refractivity contribution in [1.82, 2.24) is 0 Å². The Morgan fingerprint density at radius 2 is 2.26 bits per heavy atom. The average molecular weight is 262 g/mol. The number of anilines is 2. The predicted molar refractivity (Wildman–Crippen MR) is 73.2 cm³/mol. The highest BCUT2D eigenvalue weighted by Gasteiger charge is 2.23. The van der Waals surface area contributed by atoms with Crippen LogP contribution < -0.4 is 15.4 Å². The highest BCUT2D eigenvalue weighted by Crippen LogP contribution is 2.32. The van der Waals surface area contributed by atoms with Crippen molar-refractivity contribution in [3.8, 4) is 5.75 Å². The first kappa shape index (κ1) is 13.4. The molecule has 0 aliphatic carbocycles. The second-order valence-electron chi connectivity index (χ2n) is 4.76. The highest BCUT2D eigenvalue weighted by atomic mass is 16.5. The van der Waals surface area contributed by atoms with E-state index in [1.165, 1.54) is 0 Å². The molecule has 0 aromatic heterocycles. The van der Waals surface area contributed by atoms with Gasteiger partial charge in [0.15, 0.2) is 6.10 Å². The second kappa shape index (κ2) is 5.30. The van der Waals surface area contributed by atoms with Crippen LogP contribution in [0.1, 0.15) is 27.2 Å². The van der Waals surface area contributed by atoms with Crippen LogP contribution in [0.4, 0.5) is 11.4 Å². The molecule has 19 heavy (non-hydrogen) atoms. The summed E-state index contributed by atoms with van der Waals surface area (Å²) in [5.41, 5.74) is 1.24. The molecule has 0 radical (unpaired) electrons. The fourth-order valence-electron chi connectivity index (χ4n) is 1.74. The second-order valence-corrected chi connectivity index (χ2v) is 4.76. The van der Waals surface area contributed by atoms with Crippen molar-refractivity contribution in [2.24, 2.45) is 5.92 Å². The van der Waals surface area contributed by atoms with Gasteiger partial charge in [0, 0.05) is 11.6 Å². The minimum absolute atomic E-state index is 0.0288. The topological polar surface area (TPSA) is 67.4 Å². The maximum Gasteiger partial charge on any atom is 0.265 e. The first-order chi connectivity index (χ1) is 9.01. The zero-order valence-electron chi connectivity index (χ0n) is 11.3. The van der Waals surface area contributed by atoms with Crippen LogP contribution in [0.5, 0.6) is 5.75 Å². The molecule has 1 heterocycles. The Bertz CT molecular complexity index is 513. The number of fused-ring (bicyclic) bond motifs is 1. The molecule has 102 valence electrons. The minimum atomic E-state index is -0.493. The lowest BCUT2D eigenvalue weighted by Gasteiger charge is -2.23. The van der Waals surface area contributed by atoms with Gasteiger partial charge >= 0.3 is 0 Å². The molecule has 0 saturated carbocycles. The van der Waals surface area contributed by atoms with E-state index in [1.807, 2.05) is 13.8 Å². The molecule has 1 aromatic rings. The van der Waals surface area contributed by atoms with Crippen LogP contribution in [0.25, 0.3) is 0 Å². The lowest BCUT2D eigenvalue weighted by atomic mass is 10.1. The van der Waals surface area contributed by atoms with Crippen LogP contribution in [0.15, 0.2) is 18.2 Å². The molecule has 1 aliphatic rings. The Kier molecular flexibility index (Phi) is 3.74. The number of rotatable bonds is 3. The number of benzene rings is 1. The highest BCUT2D eigenvalue weighted by molar-refractivity contribution is 5.99. The van der Waals surface area contributed by atoms with Gasteiger partial charge in [-0.1, -0.05) is 13.8 Å². The number of carbonyl (C=O) groups excluding carboxylic acids is 2. The summed E-state index contributed by atoms with van der Waals surface area (Å²) in [4.78, 5) is 23.3. The Morgan fingerprint density at radius 3 is 2.95 bits per heavy atom. The van der Waals surface area contributed by atoms with Gasteiger partial charge in [0.05, 0.1) is 5.69 Å². The van der Waals surface area contributed by atoms with Gasteiger partial charge < -0.3 is 15.4 Å². The van der Waals surface area contributed by atoms with E-state index in [2.05, 4.69) is 10.6 Å². The largest absolute Gasteiger partial charge is 0.479 e. The minimum Gasteiger partial charge on any atom is -0.479 e. The quantitative estimate of drug-likeness (QED) is 0.879. The fourth-order valence-corrected chi connectivity index (χ4v) is 1.74. The van der Waals surface area contributed by atoms with Gasteiger partial charge in [0.25, 0.3) is 5.91 Å². The molecule has 2 amide bonds. The summed E-state index contributed by atoms with van der Waals surface area (Å²) in [6.45, 7) is 5.53. The summed E-state index contributed by atoms with van der Waals surface area (Å²) in [6.07, 6.45) is 0.293. The average Bonchev–Trinajstić information content (AvgIpc) is 2.39. The molecule has 0 saturated heterocycles. The molecule has 0 fully saturated rings. The summed E-state index contributed by atoms with van der Waals surface area (Å²) >= 11 is 0. The van der Waals surface area contributed by atoms with Gasteiger partial charge in [-0.05, 0) is 31.5 Å². The van der Waals surface area contributed by atoms with Crippen molar-refractivity contribution in [3.05, 3.63) is 18.2 Å². The smallest absolute Gasteiger partial charge is 0.265 e. The van der Waals surface area contributed by atoms with Crippen molar-refractivity contribution in [1.29, 1.82) is 0 Å². The molecule has 2 N–H and O–H groups in total. The standard InChI is InChI=1S/C14H18N2O3/c1-4-8(2)13(17)15-10-5-6-12-11(7-10)16-14(18)9(3)19-12/h5-9H,4H2,1-3H3,(H,15,17)(H,16,18)/t8-,9-/m0/s1. The fraction of sp³-hybridized carbons (Fsp3) is 0.429. The van der Waals surface area contributed by atoms with Crippen molar-refractivity contribution in [3.63, 3.8) is 0 Å². The zero-order chi connectivity index (χ0) is 14.0. The zero-order valence-corrected chi connectivity index (χ0v) is 11.3. The summed E-state index contributed by atoms with van der Waals surface area (Å²) in [7, 11) is 0. The molecule has 0 spiro atoms. The molecular weight excluding hydrogens is 244 g/mol. The number of amides is 2. The van der Waals surface area contributed by atoms with E-state index < -0.39 is 6.10 Å². The van der Waals surface area contributed by atoms with Gasteiger partial charge in [-0.2, -0.15) is 0 Å². The molecule has 2 atom stereocenters. The van der Waals surface area contributed by atoms with Crippen molar-refractivity contribution >= 4 is 23.2 Å². The van der Waals surface area contributed by atoms with E-state index in [1.54, 1.807) is 25.1 Å². The van der Waals surface area contributed by atoms with Crippen LogP contribution >= 0.6 is 0 Å². The molecule has 1 aliphatic heterocycles. The van der Waals surface area contributed by atoms with Crippen LogP contribution in [0, 0.1) is 5.92 Å². The maximum absolute atomic E-state index is 11.8. The Morgan fingerprint density at radius 1 is 1.53 bits per heavy atom. The van der Waals surface area contributed by atoms with E-state index in [9.17, 15) is 9.59 Å². The molecule has 5 heteroatoms. The van der Waals surface area contributed by atoms with Gasteiger partial charge in [-0.15, -0.1) is 0 Å². The van der Waals surface area contributed by atoms with Gasteiger partial charge in [0.1, 0.15) is 5.75 Å². The summed E-state index contributed by atoms with van der Waals surface area (Å²) < 4.78 is 5.45. The third kappa shape index (κ3) is 2.86. The lowest BCUT2D eigenvalue weighted by Crippen LogP contribution is -2.34. The SMILES string of the molecule is CC[C@H](C)C(=O)Nc1ccc2c(c1)NC(=O)[C@H](C)O2. The van der Waals surface area contributed by atoms with Crippen LogP contribution in [0.3, 0.4) is 0 Å². The van der Waals surface area contributed by atoms with Crippen molar-refractivity contribution < 1.29 is 14.3 Å². The summed E-state index contributed by atoms with van der Waals surface area (Å²) in [5.74, 6) is 0.368. The predicted octanol–water partition coefficient (Wildman–Crippen LogP) is 2.39. The number of nitrogens with one attached hydrogen (secondary N) is 2. The Hall–Kier alpha value is -2.04. The van der Waals surface area contributed by atoms with Crippen molar-refractivity contribution in [2.75, 3.05) is 10.6 Å². The summed E-state index contributed by atoms with van der Waals surface area (Å²) in [5, 5.41) is 5.57. The third-order valence-corrected chi connectivity index (χ3v) is 3.24. The Labute approximate surface area is 112 Å². The van der Waals surface area contributed by atoms with Crippen LogP contribution in [-0.2, 0) is 9.59 Å². The summed E-state index contributed by atoms with van der Waals surface area (Å²) in [6, 6.07) is 5.22. The van der Waals surface area contributed by atoms with Crippen LogP contribution in [-0.4, -0.2) is 17.9 Å². The molecule has 2 rings (SSSR count). The number of ether oxygens (including phenoxy) is 1. The van der Waals surface area contributed by atoms with E-state index >= 15 is 0 Å². The number of hydrogen-bond acceptors (Lipinski definition) is 3. The van der Waals surface area contributed by atoms with E-state index in [0.29, 0.717) is 17.1 Å². The maximum atomic E-state index is 11.8. The number of carbonyl (C=O) groups is 2.